The quantitative estimate of drug-likeness (QED) is 0.755. The van der Waals surface area contributed by atoms with E-state index in [0.717, 1.165) is 19.6 Å². The summed E-state index contributed by atoms with van der Waals surface area (Å²) in [5.41, 5.74) is 0.120. The lowest BCUT2D eigenvalue weighted by atomic mass is 9.98. The van der Waals surface area contributed by atoms with Crippen LogP contribution >= 0.6 is 0 Å². The Hall–Kier alpha value is -0.520. The Morgan fingerprint density at radius 1 is 1.33 bits per heavy atom. The van der Waals surface area contributed by atoms with E-state index in [1.54, 1.807) is 0 Å². The highest BCUT2D eigenvalue weighted by Crippen LogP contribution is 2.11. The molecule has 0 spiro atoms. The normalized spacial score (nSPS) is 20.3. The van der Waals surface area contributed by atoms with Crippen LogP contribution in [0.2, 0.25) is 0 Å². The first-order chi connectivity index (χ1) is 8.37. The van der Waals surface area contributed by atoms with Gasteiger partial charge in [0.05, 0.1) is 6.54 Å². The van der Waals surface area contributed by atoms with Crippen LogP contribution in [0.4, 0.5) is 0 Å². The molecule has 0 aromatic carbocycles. The van der Waals surface area contributed by atoms with Gasteiger partial charge in [0, 0.05) is 24.5 Å². The minimum Gasteiger partial charge on any atom is -0.313 e. The maximum atomic E-state index is 3.58. The van der Waals surface area contributed by atoms with Gasteiger partial charge in [0.2, 0.25) is 0 Å². The monoisotopic (exact) mass is 250 g/mol. The largest absolute Gasteiger partial charge is 0.313 e. The molecular weight excluding hydrogens is 220 g/mol. The fourth-order valence-electron chi connectivity index (χ4n) is 2.36. The Balaban J connectivity index is 2.45. The highest BCUT2D eigenvalue weighted by atomic mass is 15.1. The topological polar surface area (TPSA) is 15.3 Å². The van der Waals surface area contributed by atoms with E-state index in [9.17, 15) is 0 Å². The third-order valence-electron chi connectivity index (χ3n) is 3.03. The molecule has 1 unspecified atom stereocenters. The fourth-order valence-corrected chi connectivity index (χ4v) is 2.36. The van der Waals surface area contributed by atoms with Gasteiger partial charge < -0.3 is 5.32 Å². The second-order valence-electron chi connectivity index (χ2n) is 6.93. The number of nitrogens with one attached hydrogen (secondary N) is 1. The lowest BCUT2D eigenvalue weighted by Crippen LogP contribution is -2.39. The maximum absolute atomic E-state index is 3.58. The molecule has 1 N–H and O–H groups in total. The molecule has 18 heavy (non-hydrogen) atoms. The second kappa shape index (κ2) is 7.16. The first-order valence-electron chi connectivity index (χ1n) is 7.32. The summed E-state index contributed by atoms with van der Waals surface area (Å²) < 4.78 is 0. The van der Waals surface area contributed by atoms with Crippen molar-refractivity contribution in [2.75, 3.05) is 26.2 Å². The average Bonchev–Trinajstić information content (AvgIpc) is 2.67. The van der Waals surface area contributed by atoms with E-state index in [-0.39, 0.29) is 5.41 Å². The van der Waals surface area contributed by atoms with Crippen molar-refractivity contribution in [1.82, 2.24) is 10.2 Å². The Labute approximate surface area is 114 Å². The molecule has 2 heteroatoms. The van der Waals surface area contributed by atoms with E-state index in [4.69, 9.17) is 0 Å². The van der Waals surface area contributed by atoms with Gasteiger partial charge in [-0.3, -0.25) is 4.90 Å². The van der Waals surface area contributed by atoms with Gasteiger partial charge in [-0.05, 0) is 46.1 Å². The van der Waals surface area contributed by atoms with E-state index in [2.05, 4.69) is 56.7 Å². The molecule has 1 fully saturated rings. The first-order valence-corrected chi connectivity index (χ1v) is 7.32. The molecule has 2 nitrogen and oxygen atoms in total. The van der Waals surface area contributed by atoms with Gasteiger partial charge in [-0.2, -0.15) is 0 Å². The molecule has 1 atom stereocenters. The summed E-state index contributed by atoms with van der Waals surface area (Å²) in [6.45, 7) is 15.5. The van der Waals surface area contributed by atoms with E-state index < -0.39 is 0 Å². The SMILES string of the molecule is CC(C)CN(CC#CC(C)(C)C)CC1CCCN1. The van der Waals surface area contributed by atoms with Crippen molar-refractivity contribution in [3.8, 4) is 11.8 Å². The van der Waals surface area contributed by atoms with Gasteiger partial charge in [0.1, 0.15) is 0 Å². The average molecular weight is 250 g/mol. The summed E-state index contributed by atoms with van der Waals surface area (Å²) in [4.78, 5) is 2.51. The van der Waals surface area contributed by atoms with Crippen LogP contribution in [-0.2, 0) is 0 Å². The van der Waals surface area contributed by atoms with Gasteiger partial charge in [-0.15, -0.1) is 0 Å². The zero-order valence-corrected chi connectivity index (χ0v) is 12.8. The van der Waals surface area contributed by atoms with Gasteiger partial charge in [-0.1, -0.05) is 25.7 Å². The molecule has 1 heterocycles. The van der Waals surface area contributed by atoms with Gasteiger partial charge in [-0.25, -0.2) is 0 Å². The van der Waals surface area contributed by atoms with Crippen LogP contribution in [0.15, 0.2) is 0 Å². The zero-order valence-electron chi connectivity index (χ0n) is 12.8. The van der Waals surface area contributed by atoms with Crippen molar-refractivity contribution in [1.29, 1.82) is 0 Å². The Kier molecular flexibility index (Phi) is 6.18. The van der Waals surface area contributed by atoms with Crippen LogP contribution in [0.1, 0.15) is 47.5 Å². The van der Waals surface area contributed by atoms with E-state index in [1.807, 2.05) is 0 Å². The Morgan fingerprint density at radius 2 is 2.06 bits per heavy atom. The van der Waals surface area contributed by atoms with Crippen molar-refractivity contribution in [2.24, 2.45) is 11.3 Å². The molecule has 0 amide bonds. The van der Waals surface area contributed by atoms with Crippen LogP contribution in [0.3, 0.4) is 0 Å². The number of hydrogen-bond donors (Lipinski definition) is 1. The van der Waals surface area contributed by atoms with Gasteiger partial charge >= 0.3 is 0 Å². The molecular formula is C16H30N2. The summed E-state index contributed by atoms with van der Waals surface area (Å²) in [6, 6.07) is 0.681. The van der Waals surface area contributed by atoms with Crippen molar-refractivity contribution in [3.05, 3.63) is 0 Å². The Bertz CT molecular complexity index is 284. The zero-order chi connectivity index (χ0) is 13.6. The van der Waals surface area contributed by atoms with Crippen LogP contribution in [0.25, 0.3) is 0 Å². The number of hydrogen-bond acceptors (Lipinski definition) is 2. The van der Waals surface area contributed by atoms with Crippen molar-refractivity contribution in [3.63, 3.8) is 0 Å². The predicted molar refractivity (Wildman–Crippen MR) is 79.5 cm³/mol. The van der Waals surface area contributed by atoms with E-state index in [0.29, 0.717) is 12.0 Å². The first kappa shape index (κ1) is 15.5. The van der Waals surface area contributed by atoms with Crippen molar-refractivity contribution in [2.45, 2.75) is 53.5 Å². The molecule has 1 aliphatic rings. The molecule has 1 rings (SSSR count). The maximum Gasteiger partial charge on any atom is 0.0602 e. The molecule has 0 aromatic rings. The lowest BCUT2D eigenvalue weighted by Gasteiger charge is -2.25. The van der Waals surface area contributed by atoms with E-state index >= 15 is 0 Å². The van der Waals surface area contributed by atoms with Crippen molar-refractivity contribution < 1.29 is 0 Å². The van der Waals surface area contributed by atoms with Gasteiger partial charge in [0.25, 0.3) is 0 Å². The smallest absolute Gasteiger partial charge is 0.0602 e. The van der Waals surface area contributed by atoms with Gasteiger partial charge in [0.15, 0.2) is 0 Å². The molecule has 104 valence electrons. The summed E-state index contributed by atoms with van der Waals surface area (Å²) in [5.74, 6) is 7.40. The minimum absolute atomic E-state index is 0.120. The second-order valence-corrected chi connectivity index (χ2v) is 6.93. The van der Waals surface area contributed by atoms with E-state index in [1.165, 1.54) is 19.4 Å². The van der Waals surface area contributed by atoms with Crippen LogP contribution in [0.5, 0.6) is 0 Å². The third kappa shape index (κ3) is 7.03. The number of rotatable bonds is 5. The van der Waals surface area contributed by atoms with Crippen LogP contribution in [-0.4, -0.2) is 37.1 Å². The molecule has 1 saturated heterocycles. The summed E-state index contributed by atoms with van der Waals surface area (Å²) in [7, 11) is 0. The summed E-state index contributed by atoms with van der Waals surface area (Å²) in [5, 5.41) is 3.58. The fraction of sp³-hybridized carbons (Fsp3) is 0.875. The molecule has 0 aliphatic carbocycles. The lowest BCUT2D eigenvalue weighted by molar-refractivity contribution is 0.249. The Morgan fingerprint density at radius 3 is 2.56 bits per heavy atom. The molecule has 0 aromatic heterocycles. The highest BCUT2D eigenvalue weighted by molar-refractivity contribution is 5.08. The molecule has 0 radical (unpaired) electrons. The summed E-state index contributed by atoms with van der Waals surface area (Å²) in [6.07, 6.45) is 2.65. The minimum atomic E-state index is 0.120. The van der Waals surface area contributed by atoms with Crippen LogP contribution < -0.4 is 5.32 Å². The number of nitrogens with zero attached hydrogens (tertiary/aromatic N) is 1. The summed E-state index contributed by atoms with van der Waals surface area (Å²) >= 11 is 0. The highest BCUT2D eigenvalue weighted by Gasteiger charge is 2.17. The molecule has 0 bridgehead atoms. The standard InChI is InChI=1S/C16H30N2/c1-14(2)12-18(11-7-9-16(3,4)5)13-15-8-6-10-17-15/h14-15,17H,6,8,10-13H2,1-5H3. The third-order valence-corrected chi connectivity index (χ3v) is 3.03. The van der Waals surface area contributed by atoms with Crippen LogP contribution in [0, 0.1) is 23.2 Å². The molecule has 0 saturated carbocycles. The van der Waals surface area contributed by atoms with Crippen molar-refractivity contribution >= 4 is 0 Å². The predicted octanol–water partition coefficient (Wildman–Crippen LogP) is 2.75. The molecule has 1 aliphatic heterocycles.